The van der Waals surface area contributed by atoms with Crippen LogP contribution in [0.5, 0.6) is 0 Å². The standard InChI is InChI=1S/C18H20N4O2S/c1-12(20-21-17(23)10-15-11-25-13(2)19-15)14-5-7-16(8-6-14)22-9-3-4-18(22)24/h5-8,11H,3-4,9-10H2,1-2H3,(H,21,23)/b20-12-. The lowest BCUT2D eigenvalue weighted by Gasteiger charge is -2.15. The van der Waals surface area contributed by atoms with E-state index in [1.54, 1.807) is 4.90 Å². The van der Waals surface area contributed by atoms with E-state index in [0.29, 0.717) is 12.1 Å². The molecule has 0 saturated carbocycles. The van der Waals surface area contributed by atoms with Gasteiger partial charge >= 0.3 is 0 Å². The van der Waals surface area contributed by atoms with Gasteiger partial charge in [-0.2, -0.15) is 5.10 Å². The first-order valence-corrected chi connectivity index (χ1v) is 9.06. The van der Waals surface area contributed by atoms with E-state index in [0.717, 1.165) is 34.9 Å². The first kappa shape index (κ1) is 17.3. The van der Waals surface area contributed by atoms with E-state index in [4.69, 9.17) is 0 Å². The second-order valence-electron chi connectivity index (χ2n) is 5.96. The van der Waals surface area contributed by atoms with Gasteiger partial charge in [0.1, 0.15) is 0 Å². The lowest BCUT2D eigenvalue weighted by molar-refractivity contribution is -0.120. The van der Waals surface area contributed by atoms with Crippen molar-refractivity contribution in [3.8, 4) is 0 Å². The minimum absolute atomic E-state index is 0.169. The summed E-state index contributed by atoms with van der Waals surface area (Å²) in [5, 5.41) is 6.97. The van der Waals surface area contributed by atoms with Crippen LogP contribution in [0.2, 0.25) is 0 Å². The van der Waals surface area contributed by atoms with Gasteiger partial charge in [0.25, 0.3) is 0 Å². The van der Waals surface area contributed by atoms with Crippen molar-refractivity contribution in [1.29, 1.82) is 0 Å². The third-order valence-corrected chi connectivity index (χ3v) is 4.85. The van der Waals surface area contributed by atoms with Gasteiger partial charge in [0.05, 0.1) is 22.8 Å². The number of nitrogens with zero attached hydrogens (tertiary/aromatic N) is 3. The van der Waals surface area contributed by atoms with Crippen molar-refractivity contribution >= 4 is 34.6 Å². The van der Waals surface area contributed by atoms with E-state index in [9.17, 15) is 9.59 Å². The normalized spacial score (nSPS) is 14.9. The Hall–Kier alpha value is -2.54. The van der Waals surface area contributed by atoms with Gasteiger partial charge in [0, 0.05) is 24.0 Å². The molecular formula is C18H20N4O2S. The van der Waals surface area contributed by atoms with Crippen LogP contribution in [-0.4, -0.2) is 29.1 Å². The molecule has 1 aromatic carbocycles. The zero-order valence-corrected chi connectivity index (χ0v) is 15.1. The molecule has 6 nitrogen and oxygen atoms in total. The van der Waals surface area contributed by atoms with Crippen molar-refractivity contribution in [2.75, 3.05) is 11.4 Å². The van der Waals surface area contributed by atoms with Crippen LogP contribution in [0.1, 0.15) is 36.0 Å². The Morgan fingerprint density at radius 2 is 2.12 bits per heavy atom. The maximum Gasteiger partial charge on any atom is 0.246 e. The maximum absolute atomic E-state index is 11.9. The molecule has 7 heteroatoms. The Kier molecular flexibility index (Phi) is 5.23. The predicted octanol–water partition coefficient (Wildman–Crippen LogP) is 2.66. The average molecular weight is 356 g/mol. The number of anilines is 1. The van der Waals surface area contributed by atoms with Gasteiger partial charge in [0.2, 0.25) is 11.8 Å². The molecule has 1 aliphatic rings. The number of rotatable bonds is 5. The Bertz CT molecular complexity index is 811. The largest absolute Gasteiger partial charge is 0.312 e. The molecule has 2 aromatic rings. The number of nitrogens with one attached hydrogen (secondary N) is 1. The Labute approximate surface area is 150 Å². The van der Waals surface area contributed by atoms with E-state index in [1.165, 1.54) is 11.3 Å². The zero-order valence-electron chi connectivity index (χ0n) is 14.3. The van der Waals surface area contributed by atoms with Crippen molar-refractivity contribution in [3.05, 3.63) is 45.9 Å². The number of hydrazone groups is 1. The maximum atomic E-state index is 11.9. The molecule has 0 bridgehead atoms. The summed E-state index contributed by atoms with van der Waals surface area (Å²) in [6, 6.07) is 7.65. The lowest BCUT2D eigenvalue weighted by Crippen LogP contribution is -2.23. The molecule has 1 aromatic heterocycles. The second kappa shape index (κ2) is 7.57. The summed E-state index contributed by atoms with van der Waals surface area (Å²) >= 11 is 1.52. The van der Waals surface area contributed by atoms with Gasteiger partial charge in [0.15, 0.2) is 0 Å². The van der Waals surface area contributed by atoms with Crippen molar-refractivity contribution in [2.24, 2.45) is 5.10 Å². The summed E-state index contributed by atoms with van der Waals surface area (Å²) in [6.45, 7) is 4.52. The Balaban J connectivity index is 1.60. The van der Waals surface area contributed by atoms with Gasteiger partial charge in [-0.3, -0.25) is 9.59 Å². The van der Waals surface area contributed by atoms with E-state index < -0.39 is 0 Å². The number of aryl methyl sites for hydroxylation is 1. The molecule has 1 aliphatic heterocycles. The first-order chi connectivity index (χ1) is 12.0. The molecule has 1 fully saturated rings. The first-order valence-electron chi connectivity index (χ1n) is 8.18. The summed E-state index contributed by atoms with van der Waals surface area (Å²) in [4.78, 5) is 29.8. The zero-order chi connectivity index (χ0) is 17.8. The molecular weight excluding hydrogens is 336 g/mol. The van der Waals surface area contributed by atoms with Crippen molar-refractivity contribution in [1.82, 2.24) is 10.4 Å². The average Bonchev–Trinajstić information content (AvgIpc) is 3.21. The van der Waals surface area contributed by atoms with Crippen molar-refractivity contribution < 1.29 is 9.59 Å². The fourth-order valence-corrected chi connectivity index (χ4v) is 3.32. The summed E-state index contributed by atoms with van der Waals surface area (Å²) in [5.41, 5.74) is 5.84. The molecule has 0 radical (unpaired) electrons. The molecule has 2 amide bonds. The van der Waals surface area contributed by atoms with E-state index in [1.807, 2.05) is 43.5 Å². The molecule has 25 heavy (non-hydrogen) atoms. The van der Waals surface area contributed by atoms with Crippen LogP contribution < -0.4 is 10.3 Å². The molecule has 3 rings (SSSR count). The van der Waals surface area contributed by atoms with E-state index >= 15 is 0 Å². The van der Waals surface area contributed by atoms with Gasteiger partial charge in [-0.25, -0.2) is 10.4 Å². The molecule has 0 aliphatic carbocycles. The van der Waals surface area contributed by atoms with Crippen molar-refractivity contribution in [2.45, 2.75) is 33.1 Å². The Morgan fingerprint density at radius 1 is 1.36 bits per heavy atom. The number of amides is 2. The number of carbonyl (C=O) groups excluding carboxylic acids is 2. The number of thiazole rings is 1. The fraction of sp³-hybridized carbons (Fsp3) is 0.333. The molecule has 0 unspecified atom stereocenters. The SMILES string of the molecule is C/C(=N/NC(=O)Cc1csc(C)n1)c1ccc(N2CCCC2=O)cc1. The number of benzene rings is 1. The van der Waals surface area contributed by atoms with Crippen molar-refractivity contribution in [3.63, 3.8) is 0 Å². The van der Waals surface area contributed by atoms with Gasteiger partial charge < -0.3 is 4.90 Å². The number of carbonyl (C=O) groups is 2. The summed E-state index contributed by atoms with van der Waals surface area (Å²) in [5.74, 6) is -0.0217. The lowest BCUT2D eigenvalue weighted by atomic mass is 10.1. The minimum atomic E-state index is -0.191. The van der Waals surface area contributed by atoms with Crippen LogP contribution in [0.25, 0.3) is 0 Å². The summed E-state index contributed by atoms with van der Waals surface area (Å²) < 4.78 is 0. The molecule has 1 N–H and O–H groups in total. The summed E-state index contributed by atoms with van der Waals surface area (Å²) in [7, 11) is 0. The Morgan fingerprint density at radius 3 is 2.72 bits per heavy atom. The van der Waals surface area contributed by atoms with Crippen LogP contribution >= 0.6 is 11.3 Å². The van der Waals surface area contributed by atoms with Crippen LogP contribution in [0.4, 0.5) is 5.69 Å². The third-order valence-electron chi connectivity index (χ3n) is 4.03. The molecule has 130 valence electrons. The van der Waals surface area contributed by atoms with Crippen LogP contribution in [-0.2, 0) is 16.0 Å². The van der Waals surface area contributed by atoms with Crippen LogP contribution in [0, 0.1) is 6.92 Å². The molecule has 1 saturated heterocycles. The monoisotopic (exact) mass is 356 g/mol. The highest BCUT2D eigenvalue weighted by Gasteiger charge is 2.21. The van der Waals surface area contributed by atoms with Crippen LogP contribution in [0.3, 0.4) is 0 Å². The van der Waals surface area contributed by atoms with Crippen LogP contribution in [0.15, 0.2) is 34.7 Å². The number of aromatic nitrogens is 1. The molecule has 0 spiro atoms. The van der Waals surface area contributed by atoms with Gasteiger partial charge in [-0.05, 0) is 38.0 Å². The minimum Gasteiger partial charge on any atom is -0.312 e. The smallest absolute Gasteiger partial charge is 0.246 e. The van der Waals surface area contributed by atoms with E-state index in [2.05, 4.69) is 15.5 Å². The highest BCUT2D eigenvalue weighted by molar-refractivity contribution is 7.09. The fourth-order valence-electron chi connectivity index (χ4n) is 2.71. The van der Waals surface area contributed by atoms with Gasteiger partial charge in [-0.15, -0.1) is 11.3 Å². The van der Waals surface area contributed by atoms with Gasteiger partial charge in [-0.1, -0.05) is 12.1 Å². The quantitative estimate of drug-likeness (QED) is 0.661. The highest BCUT2D eigenvalue weighted by Crippen LogP contribution is 2.21. The molecule has 0 atom stereocenters. The van der Waals surface area contributed by atoms with E-state index in [-0.39, 0.29) is 18.2 Å². The number of hydrogen-bond donors (Lipinski definition) is 1. The predicted molar refractivity (Wildman–Crippen MR) is 98.9 cm³/mol. The number of hydrogen-bond acceptors (Lipinski definition) is 5. The molecule has 2 heterocycles. The summed E-state index contributed by atoms with van der Waals surface area (Å²) in [6.07, 6.45) is 1.75. The second-order valence-corrected chi connectivity index (χ2v) is 7.02. The highest BCUT2D eigenvalue weighted by atomic mass is 32.1. The topological polar surface area (TPSA) is 74.7 Å². The third kappa shape index (κ3) is 4.30.